The Morgan fingerprint density at radius 3 is 1.63 bits per heavy atom. The molecule has 1 aromatic rings. The van der Waals surface area contributed by atoms with Crippen LogP contribution in [0.1, 0.15) is 84.1 Å². The van der Waals surface area contributed by atoms with E-state index < -0.39 is 127 Å². The molecule has 71 heavy (non-hydrogen) atoms. The van der Waals surface area contributed by atoms with Gasteiger partial charge < -0.3 is 92.0 Å². The van der Waals surface area contributed by atoms with Gasteiger partial charge in [0.1, 0.15) is 42.0 Å². The Bertz CT molecular complexity index is 2000. The van der Waals surface area contributed by atoms with Crippen LogP contribution in [-0.2, 0) is 54.4 Å². The third-order valence-corrected chi connectivity index (χ3v) is 10.4. The van der Waals surface area contributed by atoms with E-state index in [2.05, 4.69) is 42.2 Å². The number of aliphatic imine (C=N–C) groups is 1. The zero-order valence-electron chi connectivity index (χ0n) is 40.1. The van der Waals surface area contributed by atoms with Gasteiger partial charge in [0.15, 0.2) is 12.0 Å². The highest BCUT2D eigenvalue weighted by Gasteiger charge is 2.36. The first-order valence-electron chi connectivity index (χ1n) is 22.8. The lowest BCUT2D eigenvalue weighted by Crippen LogP contribution is -2.61. The smallest absolute Gasteiger partial charge is 0.328 e. The van der Waals surface area contributed by atoms with Crippen LogP contribution in [0.5, 0.6) is 5.75 Å². The molecule has 9 atom stereocenters. The number of hydrogen-bond acceptors (Lipinski definition) is 16. The van der Waals surface area contributed by atoms with Crippen molar-refractivity contribution in [3.63, 3.8) is 0 Å². The number of hydrogen-bond donors (Lipinski definition) is 17. The largest absolute Gasteiger partial charge is 0.508 e. The molecule has 0 saturated heterocycles. The second-order valence-corrected chi connectivity index (χ2v) is 17.1. The van der Waals surface area contributed by atoms with Gasteiger partial charge in [-0.3, -0.25) is 48.1 Å². The minimum absolute atomic E-state index is 0.00443. The number of carbonyl (C=O) groups excluding carboxylic acids is 9. The Balaban J connectivity index is 3.52. The Morgan fingerprint density at radius 1 is 0.606 bits per heavy atom. The maximum absolute atomic E-state index is 14.1. The van der Waals surface area contributed by atoms with Crippen LogP contribution in [0, 0.1) is 5.92 Å². The summed E-state index contributed by atoms with van der Waals surface area (Å²) in [7, 11) is 0. The standard InChI is InChI=1S/C43H72N14O14/c1-21(2)17-28(38(66)52-26(8-6-16-50-43(48)49)37(65)57-34(22(3)59)42(70)71)53-40(68)30(19-33(47)62)55-39(67)29(18-23-9-11-24(60)12-10-23)54-41(69)31(20-58)56-36(64)27(13-14-32(46)61)51-35(63)25(45)7-4-5-15-44/h9-12,21-22,25-31,34,58-60H,4-8,13-20,44-45H2,1-3H3,(H2,46,61)(H2,47,62)(H,51,63)(H,52,66)(H,53,68)(H,54,69)(H,55,67)(H,56,64)(H,57,65)(H,70,71)(H4,48,49,50)/t22-,25+,26+,27+,28+,29+,30+,31+,34+/m1/s1. The van der Waals surface area contributed by atoms with E-state index in [0.29, 0.717) is 24.9 Å². The number of phenols is 1. The maximum atomic E-state index is 14.1. The second kappa shape index (κ2) is 31.9. The number of aliphatic hydroxyl groups is 2. The summed E-state index contributed by atoms with van der Waals surface area (Å²) in [6.07, 6.45) is -2.36. The van der Waals surface area contributed by atoms with E-state index in [4.69, 9.17) is 34.4 Å². The number of carboxylic acid groups (broad SMARTS) is 1. The molecule has 0 aromatic heterocycles. The van der Waals surface area contributed by atoms with E-state index in [1.165, 1.54) is 24.3 Å². The Kier molecular flexibility index (Phi) is 27.8. The van der Waals surface area contributed by atoms with Crippen LogP contribution in [0.4, 0.5) is 0 Å². The molecule has 1 rings (SSSR count). The molecule has 0 fully saturated rings. The van der Waals surface area contributed by atoms with Crippen molar-refractivity contribution in [1.82, 2.24) is 37.2 Å². The van der Waals surface area contributed by atoms with Crippen molar-refractivity contribution >= 4 is 65.1 Å². The molecule has 1 aromatic carbocycles. The molecule has 0 aliphatic rings. The van der Waals surface area contributed by atoms with E-state index in [1.807, 2.05) is 0 Å². The van der Waals surface area contributed by atoms with Crippen LogP contribution in [0.25, 0.3) is 0 Å². The lowest BCUT2D eigenvalue weighted by Gasteiger charge is -2.28. The molecule has 0 unspecified atom stereocenters. The predicted molar refractivity (Wildman–Crippen MR) is 254 cm³/mol. The topological polar surface area (TPSA) is 504 Å². The van der Waals surface area contributed by atoms with Gasteiger partial charge in [-0.25, -0.2) is 4.79 Å². The quantitative estimate of drug-likeness (QED) is 0.0173. The fourth-order valence-corrected chi connectivity index (χ4v) is 6.63. The summed E-state index contributed by atoms with van der Waals surface area (Å²) in [5.41, 5.74) is 33.3. The number of guanidine groups is 1. The first-order chi connectivity index (χ1) is 33.3. The highest BCUT2D eigenvalue weighted by Crippen LogP contribution is 2.13. The van der Waals surface area contributed by atoms with Crippen LogP contribution in [0.2, 0.25) is 0 Å². The monoisotopic (exact) mass is 1010 g/mol. The van der Waals surface area contributed by atoms with Crippen molar-refractivity contribution in [2.45, 2.75) is 139 Å². The molecule has 0 spiro atoms. The molecule has 0 aliphatic carbocycles. The number of benzene rings is 1. The van der Waals surface area contributed by atoms with Gasteiger partial charge in [0, 0.05) is 19.4 Å². The van der Waals surface area contributed by atoms with E-state index in [9.17, 15) is 68.4 Å². The second-order valence-electron chi connectivity index (χ2n) is 17.1. The Labute approximate surface area is 410 Å². The van der Waals surface area contributed by atoms with Crippen molar-refractivity contribution in [3.8, 4) is 5.75 Å². The highest BCUT2D eigenvalue weighted by molar-refractivity contribution is 5.99. The third-order valence-electron chi connectivity index (χ3n) is 10.4. The molecule has 0 saturated carbocycles. The first-order valence-corrected chi connectivity index (χ1v) is 22.8. The zero-order chi connectivity index (χ0) is 54.0. The molecule has 0 aliphatic heterocycles. The van der Waals surface area contributed by atoms with Gasteiger partial charge in [0.25, 0.3) is 0 Å². The van der Waals surface area contributed by atoms with Crippen LogP contribution >= 0.6 is 0 Å². The fraction of sp³-hybridized carbons (Fsp3) is 0.605. The number of carbonyl (C=O) groups is 10. The summed E-state index contributed by atoms with van der Waals surface area (Å²) >= 11 is 0. The minimum atomic E-state index is -1.83. The van der Waals surface area contributed by atoms with Crippen molar-refractivity contribution in [1.29, 1.82) is 0 Å². The number of carboxylic acids is 1. The Morgan fingerprint density at radius 2 is 1.10 bits per heavy atom. The molecular formula is C43H72N14O14. The van der Waals surface area contributed by atoms with Gasteiger partial charge in [-0.2, -0.15) is 0 Å². The SMILES string of the molecule is CC(C)C[C@H](NC(=O)[C@H](CC(N)=O)NC(=O)[C@H](Cc1ccc(O)cc1)NC(=O)[C@H](CO)NC(=O)[C@H](CCC(N)=O)NC(=O)[C@@H](N)CCCCN)C(=O)N[C@@H](CCCN=C(N)N)C(=O)N[C@H](C(=O)O)[C@@H](C)O. The summed E-state index contributed by atoms with van der Waals surface area (Å²) in [4.78, 5) is 135. The number of rotatable bonds is 34. The fourth-order valence-electron chi connectivity index (χ4n) is 6.63. The third kappa shape index (κ3) is 24.3. The number of nitrogens with one attached hydrogen (secondary N) is 7. The molecule has 0 bridgehead atoms. The average Bonchev–Trinajstić information content (AvgIpc) is 3.28. The number of amides is 9. The zero-order valence-corrected chi connectivity index (χ0v) is 40.1. The van der Waals surface area contributed by atoms with Gasteiger partial charge in [-0.1, -0.05) is 32.4 Å². The molecule has 28 heteroatoms. The van der Waals surface area contributed by atoms with Crippen LogP contribution in [0.3, 0.4) is 0 Å². The highest BCUT2D eigenvalue weighted by atomic mass is 16.4. The summed E-state index contributed by atoms with van der Waals surface area (Å²) in [5, 5.41) is 56.1. The van der Waals surface area contributed by atoms with Crippen LogP contribution < -0.4 is 71.6 Å². The van der Waals surface area contributed by atoms with Gasteiger partial charge in [-0.15, -0.1) is 0 Å². The van der Waals surface area contributed by atoms with E-state index in [0.717, 1.165) is 6.92 Å². The van der Waals surface area contributed by atoms with Crippen LogP contribution in [-0.4, -0.2) is 160 Å². The normalized spacial score (nSPS) is 14.8. The lowest BCUT2D eigenvalue weighted by molar-refractivity contribution is -0.145. The number of unbranched alkanes of at least 4 members (excludes halogenated alkanes) is 1. The van der Waals surface area contributed by atoms with Gasteiger partial charge in [0.05, 0.1) is 25.2 Å². The number of nitrogens with two attached hydrogens (primary N) is 6. The molecule has 398 valence electrons. The predicted octanol–water partition coefficient (Wildman–Crippen LogP) is -6.52. The number of primary amides is 2. The minimum Gasteiger partial charge on any atom is -0.508 e. The van der Waals surface area contributed by atoms with E-state index in [-0.39, 0.29) is 69.1 Å². The summed E-state index contributed by atoms with van der Waals surface area (Å²) in [5.74, 6) is -11.4. The average molecular weight is 1010 g/mol. The lowest BCUT2D eigenvalue weighted by atomic mass is 10.0. The van der Waals surface area contributed by atoms with Gasteiger partial charge in [-0.05, 0) is 75.6 Å². The molecule has 28 nitrogen and oxygen atoms in total. The van der Waals surface area contributed by atoms with Crippen LogP contribution in [0.15, 0.2) is 29.3 Å². The molecule has 9 amide bonds. The number of nitrogens with zero attached hydrogens (tertiary/aromatic N) is 1. The summed E-state index contributed by atoms with van der Waals surface area (Å²) in [6.45, 7) is 3.78. The van der Waals surface area contributed by atoms with Gasteiger partial charge >= 0.3 is 5.97 Å². The molecule has 0 radical (unpaired) electrons. The summed E-state index contributed by atoms with van der Waals surface area (Å²) < 4.78 is 0. The summed E-state index contributed by atoms with van der Waals surface area (Å²) in [6, 6.07) is -7.21. The molecular weight excluding hydrogens is 937 g/mol. The van der Waals surface area contributed by atoms with Gasteiger partial charge in [0.2, 0.25) is 53.2 Å². The molecule has 23 N–H and O–H groups in total. The number of phenolic OH excluding ortho intramolecular Hbond substituents is 1. The van der Waals surface area contributed by atoms with Crippen molar-refractivity contribution in [3.05, 3.63) is 29.8 Å². The Hall–Kier alpha value is -7.17. The first kappa shape index (κ1) is 61.8. The number of aliphatic hydroxyl groups excluding tert-OH is 2. The van der Waals surface area contributed by atoms with Crippen molar-refractivity contribution in [2.75, 3.05) is 19.7 Å². The maximum Gasteiger partial charge on any atom is 0.328 e. The number of aliphatic carboxylic acids is 1. The molecule has 0 heterocycles. The van der Waals surface area contributed by atoms with Crippen molar-refractivity contribution in [2.24, 2.45) is 45.3 Å². The van der Waals surface area contributed by atoms with E-state index in [1.54, 1.807) is 13.8 Å². The number of aromatic hydroxyl groups is 1. The van der Waals surface area contributed by atoms with E-state index >= 15 is 0 Å². The van der Waals surface area contributed by atoms with Crippen molar-refractivity contribution < 1.29 is 68.4 Å².